The average Bonchev–Trinajstić information content (AvgIpc) is 3.32. The quantitative estimate of drug-likeness (QED) is 0.699. The van der Waals surface area contributed by atoms with E-state index in [-0.39, 0.29) is 18.2 Å². The maximum Gasteiger partial charge on any atom is 0.410 e. The summed E-state index contributed by atoms with van der Waals surface area (Å²) in [5.74, 6) is 0.951. The smallest absolute Gasteiger partial charge is 0.410 e. The highest BCUT2D eigenvalue weighted by Crippen LogP contribution is 2.37. The van der Waals surface area contributed by atoms with Crippen molar-refractivity contribution in [2.75, 3.05) is 31.1 Å². The van der Waals surface area contributed by atoms with Gasteiger partial charge in [-0.25, -0.2) is 9.78 Å². The standard InChI is InChI=1S/C22H32N4O4/c1-15-12-25(21(28)30-22(2,3)4)13-17-11-16-7-8-18(23-19(16)26(15)17)20(29-14-27)24-9-5-6-10-24/h7-8,14-15,17,20H,5-6,9-13H2,1-4H3. The summed E-state index contributed by atoms with van der Waals surface area (Å²) in [6, 6.07) is 4.37. The molecule has 2 fully saturated rings. The summed E-state index contributed by atoms with van der Waals surface area (Å²) in [4.78, 5) is 35.0. The van der Waals surface area contributed by atoms with Gasteiger partial charge < -0.3 is 19.3 Å². The number of rotatable bonds is 4. The molecule has 1 aromatic heterocycles. The molecule has 2 saturated heterocycles. The molecule has 3 atom stereocenters. The van der Waals surface area contributed by atoms with Crippen LogP contribution in [0.2, 0.25) is 0 Å². The van der Waals surface area contributed by atoms with E-state index >= 15 is 0 Å². The molecular weight excluding hydrogens is 384 g/mol. The molecule has 8 nitrogen and oxygen atoms in total. The summed E-state index contributed by atoms with van der Waals surface area (Å²) in [5, 5.41) is 0. The van der Waals surface area contributed by atoms with Gasteiger partial charge in [0.2, 0.25) is 0 Å². The highest BCUT2D eigenvalue weighted by atomic mass is 16.6. The molecule has 0 N–H and O–H groups in total. The molecule has 1 aromatic rings. The lowest BCUT2D eigenvalue weighted by atomic mass is 10.1. The predicted octanol–water partition coefficient (Wildman–Crippen LogP) is 2.72. The van der Waals surface area contributed by atoms with Crippen LogP contribution in [0.15, 0.2) is 12.1 Å². The molecule has 4 rings (SSSR count). The number of hydrogen-bond donors (Lipinski definition) is 0. The molecule has 3 aliphatic rings. The number of hydrogen-bond acceptors (Lipinski definition) is 7. The first-order valence-electron chi connectivity index (χ1n) is 10.9. The summed E-state index contributed by atoms with van der Waals surface area (Å²) in [7, 11) is 0. The van der Waals surface area contributed by atoms with Gasteiger partial charge in [-0.2, -0.15) is 0 Å². The molecular formula is C22H32N4O4. The lowest BCUT2D eigenvalue weighted by Gasteiger charge is -2.43. The highest BCUT2D eigenvalue weighted by molar-refractivity contribution is 5.69. The van der Waals surface area contributed by atoms with E-state index < -0.39 is 11.8 Å². The maximum atomic E-state index is 12.6. The third-order valence-corrected chi connectivity index (χ3v) is 6.02. The van der Waals surface area contributed by atoms with Gasteiger partial charge in [0.05, 0.1) is 11.7 Å². The number of carbonyl (C=O) groups is 2. The fourth-order valence-electron chi connectivity index (χ4n) is 4.84. The number of pyridine rings is 1. The van der Waals surface area contributed by atoms with E-state index in [4.69, 9.17) is 14.5 Å². The number of likely N-dealkylation sites (tertiary alicyclic amines) is 1. The number of carbonyl (C=O) groups excluding carboxylic acids is 2. The van der Waals surface area contributed by atoms with Crippen LogP contribution < -0.4 is 4.90 Å². The number of anilines is 1. The second-order valence-corrected chi connectivity index (χ2v) is 9.55. The minimum absolute atomic E-state index is 0.123. The summed E-state index contributed by atoms with van der Waals surface area (Å²) in [6.45, 7) is 11.3. The van der Waals surface area contributed by atoms with Crippen LogP contribution in [0.5, 0.6) is 0 Å². The Morgan fingerprint density at radius 2 is 1.97 bits per heavy atom. The molecule has 8 heteroatoms. The fraction of sp³-hybridized carbons (Fsp3) is 0.682. The Morgan fingerprint density at radius 3 is 2.63 bits per heavy atom. The van der Waals surface area contributed by atoms with Crippen molar-refractivity contribution in [3.05, 3.63) is 23.4 Å². The van der Waals surface area contributed by atoms with Crippen LogP contribution in [0.25, 0.3) is 0 Å². The van der Waals surface area contributed by atoms with Crippen molar-refractivity contribution in [3.8, 4) is 0 Å². The van der Waals surface area contributed by atoms with E-state index in [1.54, 1.807) is 0 Å². The Kier molecular flexibility index (Phi) is 5.61. The van der Waals surface area contributed by atoms with Crippen molar-refractivity contribution in [2.45, 2.75) is 70.9 Å². The third kappa shape index (κ3) is 4.10. The van der Waals surface area contributed by atoms with Crippen LogP contribution in [0.3, 0.4) is 0 Å². The van der Waals surface area contributed by atoms with E-state index in [1.807, 2.05) is 31.7 Å². The monoisotopic (exact) mass is 416 g/mol. The van der Waals surface area contributed by atoms with E-state index in [1.165, 1.54) is 5.56 Å². The molecule has 3 aliphatic heterocycles. The van der Waals surface area contributed by atoms with Gasteiger partial charge in [0.1, 0.15) is 11.4 Å². The molecule has 30 heavy (non-hydrogen) atoms. The number of aromatic nitrogens is 1. The predicted molar refractivity (Wildman–Crippen MR) is 112 cm³/mol. The molecule has 0 saturated carbocycles. The Morgan fingerprint density at radius 1 is 1.23 bits per heavy atom. The lowest BCUT2D eigenvalue weighted by molar-refractivity contribution is -0.143. The Labute approximate surface area is 178 Å². The van der Waals surface area contributed by atoms with Gasteiger partial charge in [0, 0.05) is 32.2 Å². The lowest BCUT2D eigenvalue weighted by Crippen LogP contribution is -2.58. The van der Waals surface area contributed by atoms with Crippen LogP contribution in [0, 0.1) is 0 Å². The zero-order valence-corrected chi connectivity index (χ0v) is 18.3. The third-order valence-electron chi connectivity index (χ3n) is 6.02. The molecule has 0 aliphatic carbocycles. The Bertz CT molecular complexity index is 803. The van der Waals surface area contributed by atoms with Gasteiger partial charge in [-0.15, -0.1) is 0 Å². The van der Waals surface area contributed by atoms with Crippen molar-refractivity contribution in [3.63, 3.8) is 0 Å². The molecule has 0 spiro atoms. The van der Waals surface area contributed by atoms with Gasteiger partial charge in [-0.05, 0) is 58.6 Å². The second kappa shape index (κ2) is 8.06. The van der Waals surface area contributed by atoms with Gasteiger partial charge in [-0.3, -0.25) is 9.69 Å². The van der Waals surface area contributed by atoms with E-state index in [9.17, 15) is 9.59 Å². The van der Waals surface area contributed by atoms with E-state index in [0.717, 1.165) is 43.9 Å². The van der Waals surface area contributed by atoms with Gasteiger partial charge in [0.15, 0.2) is 6.23 Å². The summed E-state index contributed by atoms with van der Waals surface area (Å²) < 4.78 is 11.0. The largest absolute Gasteiger partial charge is 0.444 e. The molecule has 0 bridgehead atoms. The normalized spacial score (nSPS) is 24.9. The van der Waals surface area contributed by atoms with Crippen LogP contribution >= 0.6 is 0 Å². The first kappa shape index (κ1) is 20.9. The number of fused-ring (bicyclic) bond motifs is 3. The van der Waals surface area contributed by atoms with Crippen LogP contribution in [0.1, 0.15) is 58.0 Å². The number of piperazine rings is 1. The van der Waals surface area contributed by atoms with Gasteiger partial charge in [0.25, 0.3) is 6.47 Å². The second-order valence-electron chi connectivity index (χ2n) is 9.55. The Balaban J connectivity index is 1.54. The maximum absolute atomic E-state index is 12.6. The van der Waals surface area contributed by atoms with Crippen LogP contribution in [-0.2, 0) is 20.7 Å². The highest BCUT2D eigenvalue weighted by Gasteiger charge is 2.42. The Hall–Kier alpha value is -2.35. The number of ether oxygens (including phenoxy) is 2. The van der Waals surface area contributed by atoms with Crippen LogP contribution in [-0.4, -0.2) is 71.2 Å². The number of nitrogens with zero attached hydrogens (tertiary/aromatic N) is 4. The van der Waals surface area contributed by atoms with Crippen molar-refractivity contribution >= 4 is 18.4 Å². The molecule has 3 unspecified atom stereocenters. The van der Waals surface area contributed by atoms with Crippen molar-refractivity contribution in [1.29, 1.82) is 0 Å². The van der Waals surface area contributed by atoms with Gasteiger partial charge in [-0.1, -0.05) is 6.07 Å². The molecule has 1 amide bonds. The first-order valence-corrected chi connectivity index (χ1v) is 10.9. The first-order chi connectivity index (χ1) is 14.3. The number of amides is 1. The molecule has 164 valence electrons. The summed E-state index contributed by atoms with van der Waals surface area (Å²) in [6.07, 6.45) is 2.36. The molecule has 0 aromatic carbocycles. The van der Waals surface area contributed by atoms with Crippen molar-refractivity contribution < 1.29 is 19.1 Å². The van der Waals surface area contributed by atoms with Gasteiger partial charge >= 0.3 is 6.09 Å². The van der Waals surface area contributed by atoms with E-state index in [2.05, 4.69) is 22.8 Å². The zero-order chi connectivity index (χ0) is 21.5. The summed E-state index contributed by atoms with van der Waals surface area (Å²) >= 11 is 0. The minimum atomic E-state index is -0.504. The minimum Gasteiger partial charge on any atom is -0.444 e. The fourth-order valence-corrected chi connectivity index (χ4v) is 4.84. The summed E-state index contributed by atoms with van der Waals surface area (Å²) in [5.41, 5.74) is 1.44. The van der Waals surface area contributed by atoms with E-state index in [0.29, 0.717) is 19.6 Å². The van der Waals surface area contributed by atoms with Crippen molar-refractivity contribution in [1.82, 2.24) is 14.8 Å². The average molecular weight is 417 g/mol. The topological polar surface area (TPSA) is 75.2 Å². The van der Waals surface area contributed by atoms with Crippen molar-refractivity contribution in [2.24, 2.45) is 0 Å². The SMILES string of the molecule is CC1CN(C(=O)OC(C)(C)C)CC2Cc3ccc(C(OC=O)N4CCCC4)nc3N12. The zero-order valence-electron chi connectivity index (χ0n) is 18.3. The molecule has 4 heterocycles. The molecule has 0 radical (unpaired) electrons. The van der Waals surface area contributed by atoms with Crippen LogP contribution in [0.4, 0.5) is 10.6 Å².